The van der Waals surface area contributed by atoms with Crippen LogP contribution in [0.4, 0.5) is 40.8 Å². The molecule has 1 aromatic carbocycles. The predicted molar refractivity (Wildman–Crippen MR) is 123 cm³/mol. The van der Waals surface area contributed by atoms with Crippen LogP contribution in [0.2, 0.25) is 0 Å². The largest absolute Gasteiger partial charge is 0.432 e. The number of anilines is 4. The monoisotopic (exact) mass is 475 g/mol. The number of alkyl halides is 2. The predicted octanol–water partition coefficient (Wildman–Crippen LogP) is 6.13. The Morgan fingerprint density at radius 1 is 1.21 bits per heavy atom. The van der Waals surface area contributed by atoms with Crippen LogP contribution in [-0.2, 0) is 11.2 Å². The molecule has 1 aliphatic carbocycles. The van der Waals surface area contributed by atoms with E-state index in [1.807, 2.05) is 18.7 Å². The highest BCUT2D eigenvalue weighted by molar-refractivity contribution is 5.72. The highest BCUT2D eigenvalue weighted by Crippen LogP contribution is 2.39. The second-order valence-electron chi connectivity index (χ2n) is 8.11. The molecule has 6 nitrogen and oxygen atoms in total. The maximum Gasteiger partial charge on any atom is 0.387 e. The fourth-order valence-corrected chi connectivity index (χ4v) is 4.24. The molecule has 0 bridgehead atoms. The molecule has 2 aliphatic rings. The Hall–Kier alpha value is -3.56. The molecule has 2 heterocycles. The smallest absolute Gasteiger partial charge is 0.387 e. The van der Waals surface area contributed by atoms with Crippen molar-refractivity contribution in [3.63, 3.8) is 0 Å². The summed E-state index contributed by atoms with van der Waals surface area (Å²) in [5.41, 5.74) is 9.86. The number of hydrogen-bond acceptors (Lipinski definition) is 6. The minimum absolute atomic E-state index is 0.131. The van der Waals surface area contributed by atoms with Crippen molar-refractivity contribution in [2.75, 3.05) is 16.0 Å². The lowest BCUT2D eigenvalue weighted by molar-refractivity contribution is -0.0959. The molecule has 0 radical (unpaired) electrons. The molecular weight excluding hydrogens is 450 g/mol. The average molecular weight is 475 g/mol. The molecule has 2 aromatic rings. The van der Waals surface area contributed by atoms with E-state index < -0.39 is 24.2 Å². The molecule has 10 heteroatoms. The Labute approximate surface area is 194 Å². The zero-order chi connectivity index (χ0) is 24.4. The molecule has 3 N–H and O–H groups in total. The average Bonchev–Trinajstić information content (AvgIpc) is 2.91. The first-order chi connectivity index (χ1) is 16.2. The van der Waals surface area contributed by atoms with E-state index in [0.29, 0.717) is 17.9 Å². The molecule has 0 fully saturated rings. The van der Waals surface area contributed by atoms with Crippen LogP contribution in [0.5, 0.6) is 0 Å². The third-order valence-electron chi connectivity index (χ3n) is 5.79. The summed E-state index contributed by atoms with van der Waals surface area (Å²) in [7, 11) is 0. The van der Waals surface area contributed by atoms with Crippen molar-refractivity contribution in [3.8, 4) is 0 Å². The first-order valence-corrected chi connectivity index (χ1v) is 11.0. The van der Waals surface area contributed by atoms with Gasteiger partial charge in [0.2, 0.25) is 5.95 Å². The van der Waals surface area contributed by atoms with Gasteiger partial charge in [0.15, 0.2) is 11.6 Å². The lowest BCUT2D eigenvalue weighted by Crippen LogP contribution is -2.24. The Bertz CT molecular complexity index is 1180. The second kappa shape index (κ2) is 9.74. The van der Waals surface area contributed by atoms with E-state index in [2.05, 4.69) is 20.0 Å². The summed E-state index contributed by atoms with van der Waals surface area (Å²) in [5, 5.41) is 2.98. The number of fused-ring (bicyclic) bond motifs is 1. The summed E-state index contributed by atoms with van der Waals surface area (Å²) < 4.78 is 57.4. The number of nitrogens with two attached hydrogens (primary N) is 1. The zero-order valence-corrected chi connectivity index (χ0v) is 18.8. The van der Waals surface area contributed by atoms with Gasteiger partial charge in [-0.15, -0.1) is 0 Å². The van der Waals surface area contributed by atoms with E-state index >= 15 is 0 Å². The lowest BCUT2D eigenvalue weighted by atomic mass is 10.1. The van der Waals surface area contributed by atoms with Crippen molar-refractivity contribution >= 4 is 23.3 Å². The quantitative estimate of drug-likeness (QED) is 0.490. The van der Waals surface area contributed by atoms with Gasteiger partial charge in [-0.2, -0.15) is 18.7 Å². The van der Waals surface area contributed by atoms with Gasteiger partial charge in [0, 0.05) is 11.8 Å². The third-order valence-corrected chi connectivity index (χ3v) is 5.79. The third kappa shape index (κ3) is 5.00. The minimum atomic E-state index is -3.11. The van der Waals surface area contributed by atoms with Crippen molar-refractivity contribution in [1.29, 1.82) is 0 Å². The van der Waals surface area contributed by atoms with E-state index in [1.165, 1.54) is 18.2 Å². The van der Waals surface area contributed by atoms with E-state index in [9.17, 15) is 17.6 Å². The van der Waals surface area contributed by atoms with Crippen molar-refractivity contribution in [1.82, 2.24) is 9.97 Å². The van der Waals surface area contributed by atoms with Gasteiger partial charge in [-0.3, -0.25) is 4.90 Å². The lowest BCUT2D eigenvalue weighted by Gasteiger charge is -2.28. The van der Waals surface area contributed by atoms with Gasteiger partial charge in [-0.05, 0) is 62.5 Å². The Morgan fingerprint density at radius 2 is 2.00 bits per heavy atom. The van der Waals surface area contributed by atoms with Gasteiger partial charge in [0.05, 0.1) is 11.7 Å². The number of nitrogens with zero attached hydrogens (tertiary/aromatic N) is 3. The van der Waals surface area contributed by atoms with Crippen molar-refractivity contribution in [2.45, 2.75) is 52.2 Å². The second-order valence-corrected chi connectivity index (χ2v) is 8.11. The number of hydrogen-bond donors (Lipinski definition) is 2. The Morgan fingerprint density at radius 3 is 2.71 bits per heavy atom. The molecule has 0 saturated heterocycles. The highest BCUT2D eigenvalue weighted by Gasteiger charge is 2.25. The summed E-state index contributed by atoms with van der Waals surface area (Å²) in [6, 6.07) is 5.68. The summed E-state index contributed by atoms with van der Waals surface area (Å²) in [6.45, 7) is 0.944. The first-order valence-electron chi connectivity index (χ1n) is 11.0. The summed E-state index contributed by atoms with van der Waals surface area (Å²) in [6.07, 6.45) is 4.81. The molecule has 1 aromatic heterocycles. The molecule has 1 unspecified atom stereocenters. The number of ether oxygens (including phenoxy) is 1. The van der Waals surface area contributed by atoms with Crippen LogP contribution in [0.1, 0.15) is 38.7 Å². The molecule has 180 valence electrons. The number of nitrogen functional groups attached to an aromatic ring is 1. The van der Waals surface area contributed by atoms with Crippen LogP contribution < -0.4 is 16.0 Å². The van der Waals surface area contributed by atoms with E-state index in [0.717, 1.165) is 35.8 Å². The SMILES string of the molecule is CCC1=C(C)CCc2ccc(F)cc2N1c1cc(N)nc(NC2C=C(F)C(OC(F)F)=CC2)n1. The molecule has 4 rings (SSSR count). The van der Waals surface area contributed by atoms with Crippen LogP contribution in [0, 0.1) is 5.82 Å². The van der Waals surface area contributed by atoms with E-state index in [-0.39, 0.29) is 24.0 Å². The number of allylic oxidation sites excluding steroid dienone is 3. The minimum Gasteiger partial charge on any atom is -0.432 e. The molecule has 0 spiro atoms. The fraction of sp³-hybridized carbons (Fsp3) is 0.333. The topological polar surface area (TPSA) is 76.3 Å². The number of nitrogens with one attached hydrogen (secondary N) is 1. The standard InChI is InChI=1S/C24H25F4N5O/c1-3-18-13(2)4-5-14-6-7-15(25)10-19(14)33(18)22-12-21(29)31-24(32-22)30-16-8-9-20(17(26)11-16)34-23(27)28/h6-7,9-12,16,23H,3-5,8H2,1-2H3,(H3,29,30,31,32). The zero-order valence-electron chi connectivity index (χ0n) is 18.8. The first kappa shape index (κ1) is 23.6. The van der Waals surface area contributed by atoms with Crippen molar-refractivity contribution in [3.05, 3.63) is 70.7 Å². The van der Waals surface area contributed by atoms with Crippen LogP contribution in [0.3, 0.4) is 0 Å². The van der Waals surface area contributed by atoms with Crippen LogP contribution in [0.25, 0.3) is 0 Å². The number of rotatable bonds is 6. The molecule has 0 saturated carbocycles. The summed E-state index contributed by atoms with van der Waals surface area (Å²) >= 11 is 0. The van der Waals surface area contributed by atoms with Gasteiger partial charge in [0.25, 0.3) is 0 Å². The molecule has 34 heavy (non-hydrogen) atoms. The van der Waals surface area contributed by atoms with Gasteiger partial charge in [0.1, 0.15) is 17.5 Å². The number of aromatic nitrogens is 2. The van der Waals surface area contributed by atoms with E-state index in [4.69, 9.17) is 5.73 Å². The highest BCUT2D eigenvalue weighted by atomic mass is 19.3. The normalized spacial score (nSPS) is 18.3. The van der Waals surface area contributed by atoms with Gasteiger partial charge < -0.3 is 15.8 Å². The maximum atomic E-state index is 14.2. The van der Waals surface area contributed by atoms with Crippen molar-refractivity contribution in [2.24, 2.45) is 0 Å². The van der Waals surface area contributed by atoms with Crippen LogP contribution in [-0.4, -0.2) is 22.6 Å². The van der Waals surface area contributed by atoms with Gasteiger partial charge in [-0.25, -0.2) is 8.78 Å². The Kier molecular flexibility index (Phi) is 6.76. The Balaban J connectivity index is 1.69. The van der Waals surface area contributed by atoms with Crippen molar-refractivity contribution < 1.29 is 22.3 Å². The van der Waals surface area contributed by atoms with Crippen LogP contribution in [0.15, 0.2) is 59.3 Å². The maximum absolute atomic E-state index is 14.2. The molecular formula is C24H25F4N5O. The van der Waals surface area contributed by atoms with Gasteiger partial charge in [-0.1, -0.05) is 18.6 Å². The summed E-state index contributed by atoms with van der Waals surface area (Å²) in [5.74, 6) is -1.03. The number of aryl methyl sites for hydroxylation is 1. The van der Waals surface area contributed by atoms with Gasteiger partial charge >= 0.3 is 6.61 Å². The van der Waals surface area contributed by atoms with E-state index in [1.54, 1.807) is 12.1 Å². The molecule has 1 atom stereocenters. The number of halogens is 4. The molecule has 1 aliphatic heterocycles. The summed E-state index contributed by atoms with van der Waals surface area (Å²) in [4.78, 5) is 10.7. The number of benzene rings is 1. The molecule has 0 amide bonds. The van der Waals surface area contributed by atoms with Crippen LogP contribution >= 0.6 is 0 Å². The fourth-order valence-electron chi connectivity index (χ4n) is 4.24.